The highest BCUT2D eigenvalue weighted by Crippen LogP contribution is 2.24. The van der Waals surface area contributed by atoms with Gasteiger partial charge in [-0.25, -0.2) is 4.39 Å². The van der Waals surface area contributed by atoms with Crippen molar-refractivity contribution in [3.8, 4) is 5.75 Å². The molecule has 0 aromatic heterocycles. The minimum atomic E-state index is -0.610. The van der Waals surface area contributed by atoms with Crippen LogP contribution in [0.3, 0.4) is 0 Å². The Balaban J connectivity index is 2.07. The maximum Gasteiger partial charge on any atom is 0.262 e. The number of carbonyl (C=O) groups excluding carboxylic acids is 2. The fraction of sp³-hybridized carbons (Fsp3) is 0.176. The van der Waals surface area contributed by atoms with Crippen LogP contribution in [-0.2, 0) is 4.79 Å². The molecule has 0 atom stereocenters. The van der Waals surface area contributed by atoms with Gasteiger partial charge in [0.05, 0.1) is 11.3 Å². The standard InChI is InChI=1S/C17H14Cl2FNO3/c1-2-15(22)12-7-10(18)4-6-16(12)24-9-17(23)21-14-8-11(19)3-5-13(14)20/h3-8H,2,9H2,1H3,(H,21,23). The van der Waals surface area contributed by atoms with Crippen molar-refractivity contribution in [3.05, 3.63) is 57.8 Å². The fourth-order valence-electron chi connectivity index (χ4n) is 1.96. The maximum atomic E-state index is 13.6. The van der Waals surface area contributed by atoms with E-state index in [0.717, 1.165) is 6.07 Å². The van der Waals surface area contributed by atoms with Gasteiger partial charge in [0, 0.05) is 16.5 Å². The van der Waals surface area contributed by atoms with E-state index >= 15 is 0 Å². The zero-order valence-electron chi connectivity index (χ0n) is 12.7. The average molecular weight is 370 g/mol. The van der Waals surface area contributed by atoms with Gasteiger partial charge in [0.15, 0.2) is 12.4 Å². The molecule has 1 N–H and O–H groups in total. The Morgan fingerprint density at radius 1 is 1.12 bits per heavy atom. The lowest BCUT2D eigenvalue weighted by Gasteiger charge is -2.11. The van der Waals surface area contributed by atoms with Crippen molar-refractivity contribution in [2.24, 2.45) is 0 Å². The molecule has 24 heavy (non-hydrogen) atoms. The molecule has 0 bridgehead atoms. The van der Waals surface area contributed by atoms with Gasteiger partial charge in [0.1, 0.15) is 11.6 Å². The molecular weight excluding hydrogens is 356 g/mol. The predicted octanol–water partition coefficient (Wildman–Crippen LogP) is 4.74. The summed E-state index contributed by atoms with van der Waals surface area (Å²) in [7, 11) is 0. The van der Waals surface area contributed by atoms with Crippen LogP contribution in [0.1, 0.15) is 23.7 Å². The average Bonchev–Trinajstić information content (AvgIpc) is 2.56. The van der Waals surface area contributed by atoms with Gasteiger partial charge in [-0.05, 0) is 36.4 Å². The summed E-state index contributed by atoms with van der Waals surface area (Å²) in [5.41, 5.74) is 0.254. The molecular formula is C17H14Cl2FNO3. The van der Waals surface area contributed by atoms with E-state index in [2.05, 4.69) is 5.32 Å². The number of ether oxygens (including phenoxy) is 1. The van der Waals surface area contributed by atoms with Crippen LogP contribution in [0.4, 0.5) is 10.1 Å². The van der Waals surface area contributed by atoms with Crippen LogP contribution in [-0.4, -0.2) is 18.3 Å². The Kier molecular flexibility index (Phi) is 6.17. The SMILES string of the molecule is CCC(=O)c1cc(Cl)ccc1OCC(=O)Nc1cc(Cl)ccc1F. The Labute approximate surface area is 148 Å². The number of hydrogen-bond acceptors (Lipinski definition) is 3. The van der Waals surface area contributed by atoms with Gasteiger partial charge in [-0.2, -0.15) is 0 Å². The summed E-state index contributed by atoms with van der Waals surface area (Å²) in [4.78, 5) is 23.8. The molecule has 0 unspecified atom stereocenters. The van der Waals surface area contributed by atoms with Crippen LogP contribution < -0.4 is 10.1 Å². The van der Waals surface area contributed by atoms with Gasteiger partial charge in [0.25, 0.3) is 5.91 Å². The summed E-state index contributed by atoms with van der Waals surface area (Å²) in [6, 6.07) is 8.37. The molecule has 0 heterocycles. The van der Waals surface area contributed by atoms with Gasteiger partial charge in [-0.3, -0.25) is 9.59 Å². The second kappa shape index (κ2) is 8.13. The second-order valence-electron chi connectivity index (χ2n) is 4.88. The third kappa shape index (κ3) is 4.69. The van der Waals surface area contributed by atoms with Crippen LogP contribution in [0.5, 0.6) is 5.75 Å². The Morgan fingerprint density at radius 3 is 2.50 bits per heavy atom. The number of ketones is 1. The fourth-order valence-corrected chi connectivity index (χ4v) is 2.30. The maximum absolute atomic E-state index is 13.6. The van der Waals surface area contributed by atoms with E-state index in [-0.39, 0.29) is 23.6 Å². The van der Waals surface area contributed by atoms with E-state index in [9.17, 15) is 14.0 Å². The van der Waals surface area contributed by atoms with Crippen molar-refractivity contribution < 1.29 is 18.7 Å². The highest BCUT2D eigenvalue weighted by Gasteiger charge is 2.14. The first kappa shape index (κ1) is 18.2. The monoisotopic (exact) mass is 369 g/mol. The molecule has 7 heteroatoms. The van der Waals surface area contributed by atoms with Gasteiger partial charge in [-0.15, -0.1) is 0 Å². The summed E-state index contributed by atoms with van der Waals surface area (Å²) in [5, 5.41) is 3.05. The molecule has 1 amide bonds. The number of rotatable bonds is 6. The third-order valence-corrected chi connectivity index (χ3v) is 3.59. The Morgan fingerprint density at radius 2 is 1.79 bits per heavy atom. The molecule has 0 aliphatic rings. The van der Waals surface area contributed by atoms with Crippen LogP contribution in [0.15, 0.2) is 36.4 Å². The number of anilines is 1. The molecule has 0 saturated carbocycles. The predicted molar refractivity (Wildman–Crippen MR) is 91.6 cm³/mol. The number of amides is 1. The lowest BCUT2D eigenvalue weighted by molar-refractivity contribution is -0.118. The van der Waals surface area contributed by atoms with E-state index < -0.39 is 18.3 Å². The van der Waals surface area contributed by atoms with Crippen molar-refractivity contribution in [3.63, 3.8) is 0 Å². The normalized spacial score (nSPS) is 10.3. The van der Waals surface area contributed by atoms with Crippen LogP contribution in [0.2, 0.25) is 10.0 Å². The number of carbonyl (C=O) groups is 2. The van der Waals surface area contributed by atoms with Crippen molar-refractivity contribution >= 4 is 40.6 Å². The molecule has 0 radical (unpaired) electrons. The quantitative estimate of drug-likeness (QED) is 0.747. The molecule has 2 aromatic rings. The minimum absolute atomic E-state index is 0.0444. The first-order valence-electron chi connectivity index (χ1n) is 7.11. The number of nitrogens with one attached hydrogen (secondary N) is 1. The summed E-state index contributed by atoms with van der Waals surface area (Å²) in [6.45, 7) is 1.32. The number of benzene rings is 2. The van der Waals surface area contributed by atoms with Gasteiger partial charge in [-0.1, -0.05) is 30.1 Å². The van der Waals surface area contributed by atoms with Crippen molar-refractivity contribution in [2.45, 2.75) is 13.3 Å². The Bertz CT molecular complexity index is 780. The summed E-state index contributed by atoms with van der Waals surface area (Å²) < 4.78 is 19.0. The van der Waals surface area contributed by atoms with Crippen LogP contribution >= 0.6 is 23.2 Å². The molecule has 0 fully saturated rings. The molecule has 0 saturated heterocycles. The van der Waals surface area contributed by atoms with Crippen molar-refractivity contribution in [1.82, 2.24) is 0 Å². The summed E-state index contributed by atoms with van der Waals surface area (Å²) in [5.74, 6) is -1.11. The van der Waals surface area contributed by atoms with Crippen molar-refractivity contribution in [2.75, 3.05) is 11.9 Å². The number of hydrogen-bond donors (Lipinski definition) is 1. The zero-order chi connectivity index (χ0) is 17.7. The third-order valence-electron chi connectivity index (χ3n) is 3.12. The lowest BCUT2D eigenvalue weighted by atomic mass is 10.1. The molecule has 126 valence electrons. The highest BCUT2D eigenvalue weighted by molar-refractivity contribution is 6.31. The van der Waals surface area contributed by atoms with E-state index in [1.54, 1.807) is 13.0 Å². The van der Waals surface area contributed by atoms with Gasteiger partial charge in [0.2, 0.25) is 0 Å². The van der Waals surface area contributed by atoms with E-state index in [4.69, 9.17) is 27.9 Å². The topological polar surface area (TPSA) is 55.4 Å². The lowest BCUT2D eigenvalue weighted by Crippen LogP contribution is -2.21. The van der Waals surface area contributed by atoms with Crippen LogP contribution in [0.25, 0.3) is 0 Å². The first-order chi connectivity index (χ1) is 11.4. The van der Waals surface area contributed by atoms with E-state index in [1.165, 1.54) is 24.3 Å². The molecule has 2 rings (SSSR count). The summed E-state index contributed by atoms with van der Waals surface area (Å²) >= 11 is 11.6. The largest absolute Gasteiger partial charge is 0.483 e. The number of halogens is 3. The number of Topliss-reactive ketones (excluding diaryl/α,β-unsaturated/α-hetero) is 1. The molecule has 0 spiro atoms. The van der Waals surface area contributed by atoms with Crippen LogP contribution in [0, 0.1) is 5.82 Å². The van der Waals surface area contributed by atoms with Gasteiger partial charge >= 0.3 is 0 Å². The minimum Gasteiger partial charge on any atom is -0.483 e. The Hall–Kier alpha value is -2.11. The van der Waals surface area contributed by atoms with E-state index in [1.807, 2.05) is 0 Å². The molecule has 0 aliphatic heterocycles. The first-order valence-corrected chi connectivity index (χ1v) is 7.86. The molecule has 4 nitrogen and oxygen atoms in total. The molecule has 0 aliphatic carbocycles. The smallest absolute Gasteiger partial charge is 0.262 e. The highest BCUT2D eigenvalue weighted by atomic mass is 35.5. The van der Waals surface area contributed by atoms with Crippen molar-refractivity contribution in [1.29, 1.82) is 0 Å². The zero-order valence-corrected chi connectivity index (χ0v) is 14.2. The summed E-state index contributed by atoms with van der Waals surface area (Å²) in [6.07, 6.45) is 0.274. The molecule has 2 aromatic carbocycles. The van der Waals surface area contributed by atoms with Gasteiger partial charge < -0.3 is 10.1 Å². The van der Waals surface area contributed by atoms with E-state index in [0.29, 0.717) is 15.6 Å². The second-order valence-corrected chi connectivity index (χ2v) is 5.75.